The molecule has 1 heterocycles. The van der Waals surface area contributed by atoms with Crippen LogP contribution in [0.4, 0.5) is 0 Å². The molecule has 1 unspecified atom stereocenters. The molecule has 30 heavy (non-hydrogen) atoms. The molecule has 3 rings (SSSR count). The number of hydrogen-bond donors (Lipinski definition) is 2. The number of rotatable bonds is 8. The molecule has 2 N–H and O–H groups in total. The van der Waals surface area contributed by atoms with Gasteiger partial charge in [-0.1, -0.05) is 61.8 Å². The number of halogens is 1. The average Bonchev–Trinajstić information content (AvgIpc) is 3.23. The van der Waals surface area contributed by atoms with Gasteiger partial charge in [0, 0.05) is 25.5 Å². The molecule has 0 aliphatic rings. The minimum atomic E-state index is -0.664. The van der Waals surface area contributed by atoms with E-state index in [0.29, 0.717) is 23.7 Å². The molecule has 1 atom stereocenters. The number of aromatic nitrogens is 2. The van der Waals surface area contributed by atoms with Crippen LogP contribution in [0.5, 0.6) is 0 Å². The van der Waals surface area contributed by atoms with Gasteiger partial charge < -0.3 is 15.2 Å². The van der Waals surface area contributed by atoms with E-state index in [-0.39, 0.29) is 17.7 Å². The van der Waals surface area contributed by atoms with Crippen molar-refractivity contribution in [1.29, 1.82) is 0 Å². The molecule has 0 aliphatic heterocycles. The lowest BCUT2D eigenvalue weighted by molar-refractivity contribution is -0.124. The minimum absolute atomic E-state index is 0.0796. The van der Waals surface area contributed by atoms with Crippen LogP contribution in [0.1, 0.15) is 35.3 Å². The van der Waals surface area contributed by atoms with Gasteiger partial charge in [0.05, 0.1) is 16.9 Å². The zero-order chi connectivity index (χ0) is 21.5. The molecule has 0 saturated carbocycles. The Balaban J connectivity index is 1.61. The van der Waals surface area contributed by atoms with Crippen molar-refractivity contribution >= 4 is 23.4 Å². The number of amides is 2. The van der Waals surface area contributed by atoms with Gasteiger partial charge in [0.25, 0.3) is 5.91 Å². The first-order valence-electron chi connectivity index (χ1n) is 9.80. The van der Waals surface area contributed by atoms with Crippen LogP contribution in [0.15, 0.2) is 67.3 Å². The molecule has 0 saturated heterocycles. The summed E-state index contributed by atoms with van der Waals surface area (Å²) in [4.78, 5) is 29.4. The third-order valence-electron chi connectivity index (χ3n) is 4.74. The number of benzene rings is 2. The summed E-state index contributed by atoms with van der Waals surface area (Å²) in [6.07, 6.45) is 5.42. The van der Waals surface area contributed by atoms with Gasteiger partial charge in [-0.05, 0) is 29.2 Å². The zero-order valence-corrected chi connectivity index (χ0v) is 17.8. The summed E-state index contributed by atoms with van der Waals surface area (Å²) in [5.74, 6) is -0.675. The molecule has 0 fully saturated rings. The van der Waals surface area contributed by atoms with E-state index in [2.05, 4.69) is 15.6 Å². The summed E-state index contributed by atoms with van der Waals surface area (Å²) in [6, 6.07) is 14.1. The molecular weight excluding hydrogens is 400 g/mol. The number of hydrogen-bond acceptors (Lipinski definition) is 3. The molecule has 2 aromatic carbocycles. The van der Waals surface area contributed by atoms with Gasteiger partial charge in [-0.15, -0.1) is 0 Å². The summed E-state index contributed by atoms with van der Waals surface area (Å²) in [5, 5.41) is 6.09. The molecule has 0 radical (unpaired) electrons. The molecule has 2 amide bonds. The monoisotopic (exact) mass is 424 g/mol. The highest BCUT2D eigenvalue weighted by atomic mass is 35.5. The Morgan fingerprint density at radius 3 is 2.57 bits per heavy atom. The van der Waals surface area contributed by atoms with E-state index < -0.39 is 6.04 Å². The van der Waals surface area contributed by atoms with E-state index >= 15 is 0 Å². The first-order valence-corrected chi connectivity index (χ1v) is 10.2. The second-order valence-corrected chi connectivity index (χ2v) is 7.85. The molecule has 6 nitrogen and oxygen atoms in total. The minimum Gasteiger partial charge on any atom is -0.350 e. The van der Waals surface area contributed by atoms with Crippen LogP contribution in [0.3, 0.4) is 0 Å². The van der Waals surface area contributed by atoms with Crippen molar-refractivity contribution in [3.8, 4) is 0 Å². The standard InChI is InChI=1S/C23H25ClN4O2/c1-16(2)21(27-22(29)19-8-3-4-9-20(19)24)23(30)26-13-17-6-5-7-18(12-17)14-28-11-10-25-15-28/h3-12,15-16,21H,13-14H2,1-2H3,(H,26,30)(H,27,29). The molecule has 0 spiro atoms. The zero-order valence-electron chi connectivity index (χ0n) is 17.0. The number of nitrogens with one attached hydrogen (secondary N) is 2. The second-order valence-electron chi connectivity index (χ2n) is 7.45. The normalized spacial score (nSPS) is 11.9. The lowest BCUT2D eigenvalue weighted by Gasteiger charge is -2.22. The van der Waals surface area contributed by atoms with Gasteiger partial charge in [0.15, 0.2) is 0 Å². The van der Waals surface area contributed by atoms with E-state index in [4.69, 9.17) is 11.6 Å². The summed E-state index contributed by atoms with van der Waals surface area (Å²) in [7, 11) is 0. The van der Waals surface area contributed by atoms with Crippen LogP contribution in [-0.2, 0) is 17.9 Å². The largest absolute Gasteiger partial charge is 0.350 e. The maximum Gasteiger partial charge on any atom is 0.253 e. The fourth-order valence-corrected chi connectivity index (χ4v) is 3.35. The molecule has 0 bridgehead atoms. The third kappa shape index (κ3) is 5.70. The van der Waals surface area contributed by atoms with Crippen LogP contribution in [0.25, 0.3) is 0 Å². The van der Waals surface area contributed by atoms with Crippen molar-refractivity contribution in [3.05, 3.63) is 89.0 Å². The highest BCUT2D eigenvalue weighted by Crippen LogP contribution is 2.15. The Labute approximate surface area is 181 Å². The van der Waals surface area contributed by atoms with Crippen molar-refractivity contribution < 1.29 is 9.59 Å². The Kier molecular flexibility index (Phi) is 7.25. The van der Waals surface area contributed by atoms with Crippen LogP contribution in [0.2, 0.25) is 5.02 Å². The van der Waals surface area contributed by atoms with Gasteiger partial charge in [-0.25, -0.2) is 4.98 Å². The Morgan fingerprint density at radius 2 is 1.87 bits per heavy atom. The van der Waals surface area contributed by atoms with Crippen molar-refractivity contribution in [3.63, 3.8) is 0 Å². The highest BCUT2D eigenvalue weighted by Gasteiger charge is 2.25. The van der Waals surface area contributed by atoms with Crippen LogP contribution >= 0.6 is 11.6 Å². The van der Waals surface area contributed by atoms with Gasteiger partial charge in [-0.3, -0.25) is 9.59 Å². The van der Waals surface area contributed by atoms with E-state index in [1.807, 2.05) is 48.9 Å². The van der Waals surface area contributed by atoms with E-state index in [0.717, 1.165) is 11.1 Å². The first-order chi connectivity index (χ1) is 14.4. The molecule has 156 valence electrons. The Bertz CT molecular complexity index is 1000. The van der Waals surface area contributed by atoms with Crippen molar-refractivity contribution in [2.75, 3.05) is 0 Å². The quantitative estimate of drug-likeness (QED) is 0.579. The summed E-state index contributed by atoms with van der Waals surface area (Å²) in [6.45, 7) is 4.87. The lowest BCUT2D eigenvalue weighted by Crippen LogP contribution is -2.49. The summed E-state index contributed by atoms with van der Waals surface area (Å²) >= 11 is 6.10. The predicted molar refractivity (Wildman–Crippen MR) is 117 cm³/mol. The lowest BCUT2D eigenvalue weighted by atomic mass is 10.0. The van der Waals surface area contributed by atoms with E-state index in [1.54, 1.807) is 36.8 Å². The molecule has 3 aromatic rings. The fraction of sp³-hybridized carbons (Fsp3) is 0.261. The smallest absolute Gasteiger partial charge is 0.253 e. The Hall–Kier alpha value is -3.12. The van der Waals surface area contributed by atoms with Crippen molar-refractivity contribution in [2.24, 2.45) is 5.92 Å². The summed E-state index contributed by atoms with van der Waals surface area (Å²) in [5.41, 5.74) is 2.46. The fourth-order valence-electron chi connectivity index (χ4n) is 3.13. The third-order valence-corrected chi connectivity index (χ3v) is 5.07. The topological polar surface area (TPSA) is 76.0 Å². The molecular formula is C23H25ClN4O2. The van der Waals surface area contributed by atoms with E-state index in [1.165, 1.54) is 0 Å². The first kappa shape index (κ1) is 21.6. The second kappa shape index (κ2) is 10.1. The molecule has 0 aliphatic carbocycles. The van der Waals surface area contributed by atoms with Crippen LogP contribution in [0, 0.1) is 5.92 Å². The van der Waals surface area contributed by atoms with E-state index in [9.17, 15) is 9.59 Å². The van der Waals surface area contributed by atoms with Gasteiger partial charge in [0.2, 0.25) is 5.91 Å². The maximum absolute atomic E-state index is 12.8. The molecule has 7 heteroatoms. The van der Waals surface area contributed by atoms with Crippen molar-refractivity contribution in [1.82, 2.24) is 20.2 Å². The highest BCUT2D eigenvalue weighted by molar-refractivity contribution is 6.33. The van der Waals surface area contributed by atoms with Crippen molar-refractivity contribution in [2.45, 2.75) is 33.0 Å². The maximum atomic E-state index is 12.8. The molecule has 1 aromatic heterocycles. The average molecular weight is 425 g/mol. The number of carbonyl (C=O) groups is 2. The number of nitrogens with zero attached hydrogens (tertiary/aromatic N) is 2. The van der Waals surface area contributed by atoms with Crippen LogP contribution < -0.4 is 10.6 Å². The van der Waals surface area contributed by atoms with Gasteiger partial charge in [-0.2, -0.15) is 0 Å². The van der Waals surface area contributed by atoms with Gasteiger partial charge >= 0.3 is 0 Å². The number of carbonyl (C=O) groups excluding carboxylic acids is 2. The number of imidazole rings is 1. The summed E-state index contributed by atoms with van der Waals surface area (Å²) < 4.78 is 1.98. The van der Waals surface area contributed by atoms with Crippen LogP contribution in [-0.4, -0.2) is 27.4 Å². The Morgan fingerprint density at radius 1 is 1.10 bits per heavy atom. The van der Waals surface area contributed by atoms with Gasteiger partial charge in [0.1, 0.15) is 6.04 Å². The SMILES string of the molecule is CC(C)C(NC(=O)c1ccccc1Cl)C(=O)NCc1cccc(Cn2ccnc2)c1. The predicted octanol–water partition coefficient (Wildman–Crippen LogP) is 3.66.